The molecule has 2 aromatic heterocycles. The van der Waals surface area contributed by atoms with E-state index in [2.05, 4.69) is 15.3 Å². The van der Waals surface area contributed by atoms with E-state index in [0.29, 0.717) is 26.5 Å². The van der Waals surface area contributed by atoms with Gasteiger partial charge in [-0.15, -0.1) is 11.3 Å². The van der Waals surface area contributed by atoms with Gasteiger partial charge in [0.2, 0.25) is 0 Å². The highest BCUT2D eigenvalue weighted by atomic mass is 32.1. The summed E-state index contributed by atoms with van der Waals surface area (Å²) in [6.45, 7) is 5.66. The number of aromatic amines is 1. The number of thiophene rings is 1. The smallest absolute Gasteiger partial charge is 0.348 e. The molecule has 0 saturated heterocycles. The minimum atomic E-state index is -0.429. The molecular formula is C19H21N3O4S. The predicted octanol–water partition coefficient (Wildman–Crippen LogP) is 3.65. The molecule has 0 fully saturated rings. The summed E-state index contributed by atoms with van der Waals surface area (Å²) in [5.41, 5.74) is 1.18. The van der Waals surface area contributed by atoms with Crippen LogP contribution in [-0.2, 0) is 4.74 Å². The van der Waals surface area contributed by atoms with Crippen LogP contribution in [0.1, 0.15) is 40.9 Å². The van der Waals surface area contributed by atoms with Gasteiger partial charge in [-0.25, -0.2) is 9.78 Å². The molecule has 0 aliphatic rings. The van der Waals surface area contributed by atoms with Gasteiger partial charge < -0.3 is 19.8 Å². The summed E-state index contributed by atoms with van der Waals surface area (Å²) in [4.78, 5) is 33.0. The van der Waals surface area contributed by atoms with Gasteiger partial charge in [0.05, 0.1) is 25.1 Å². The molecule has 142 valence electrons. The number of ether oxygens (including phenoxy) is 2. The van der Waals surface area contributed by atoms with E-state index in [0.717, 1.165) is 11.4 Å². The van der Waals surface area contributed by atoms with E-state index in [1.165, 1.54) is 11.3 Å². The fraction of sp³-hybridized carbons (Fsp3) is 0.316. The second-order valence-electron chi connectivity index (χ2n) is 6.01. The van der Waals surface area contributed by atoms with E-state index in [1.54, 1.807) is 21.0 Å². The second-order valence-corrected chi connectivity index (χ2v) is 7.01. The Morgan fingerprint density at radius 2 is 2.19 bits per heavy atom. The highest BCUT2D eigenvalue weighted by Gasteiger charge is 2.21. The summed E-state index contributed by atoms with van der Waals surface area (Å²) in [5.74, 6) is 0.797. The molecule has 0 unspecified atom stereocenters. The van der Waals surface area contributed by atoms with Crippen molar-refractivity contribution in [1.29, 1.82) is 0 Å². The predicted molar refractivity (Wildman–Crippen MR) is 106 cm³/mol. The molecule has 27 heavy (non-hydrogen) atoms. The SMILES string of the molecule is CCOC(=O)c1sc2nc([C@H](C)Nc3cccc(OC)c3)[nH]c(=O)c2c1C. The number of carbonyl (C=O) groups is 1. The second kappa shape index (κ2) is 7.79. The zero-order chi connectivity index (χ0) is 19.6. The molecule has 8 heteroatoms. The Labute approximate surface area is 160 Å². The maximum Gasteiger partial charge on any atom is 0.348 e. The summed E-state index contributed by atoms with van der Waals surface area (Å²) in [6.07, 6.45) is 0. The number of nitrogens with one attached hydrogen (secondary N) is 2. The van der Waals surface area contributed by atoms with Gasteiger partial charge in [0.1, 0.15) is 21.3 Å². The van der Waals surface area contributed by atoms with Crippen molar-refractivity contribution in [2.24, 2.45) is 0 Å². The van der Waals surface area contributed by atoms with Crippen LogP contribution in [0, 0.1) is 6.92 Å². The molecule has 3 rings (SSSR count). The van der Waals surface area contributed by atoms with Crippen LogP contribution in [0.25, 0.3) is 10.2 Å². The summed E-state index contributed by atoms with van der Waals surface area (Å²) in [6, 6.07) is 7.25. The molecule has 1 aromatic carbocycles. The van der Waals surface area contributed by atoms with E-state index in [-0.39, 0.29) is 18.2 Å². The summed E-state index contributed by atoms with van der Waals surface area (Å²) in [7, 11) is 1.61. The Morgan fingerprint density at radius 3 is 2.89 bits per heavy atom. The standard InChI is InChI=1S/C19H21N3O4S/c1-5-26-19(24)15-10(2)14-17(23)21-16(22-18(14)27-15)11(3)20-12-7-6-8-13(9-12)25-4/h6-9,11,20H,5H2,1-4H3,(H,21,22,23)/t11-/m0/s1. The van der Waals surface area contributed by atoms with E-state index >= 15 is 0 Å². The molecule has 0 amide bonds. The third kappa shape index (κ3) is 3.80. The molecule has 2 heterocycles. The third-order valence-corrected chi connectivity index (χ3v) is 5.31. The van der Waals surface area contributed by atoms with E-state index < -0.39 is 5.97 Å². The van der Waals surface area contributed by atoms with Crippen LogP contribution in [0.3, 0.4) is 0 Å². The number of rotatable bonds is 6. The fourth-order valence-corrected chi connectivity index (χ4v) is 3.87. The largest absolute Gasteiger partial charge is 0.497 e. The van der Waals surface area contributed by atoms with Gasteiger partial charge in [-0.2, -0.15) is 0 Å². The van der Waals surface area contributed by atoms with Gasteiger partial charge >= 0.3 is 5.97 Å². The highest BCUT2D eigenvalue weighted by molar-refractivity contribution is 7.20. The summed E-state index contributed by atoms with van der Waals surface area (Å²) >= 11 is 1.18. The van der Waals surface area contributed by atoms with Crippen LogP contribution in [-0.4, -0.2) is 29.7 Å². The first-order valence-electron chi connectivity index (χ1n) is 8.55. The number of esters is 1. The number of aromatic nitrogens is 2. The normalized spacial score (nSPS) is 12.0. The van der Waals surface area contributed by atoms with Gasteiger partial charge in [-0.3, -0.25) is 4.79 Å². The summed E-state index contributed by atoms with van der Waals surface area (Å²) in [5, 5.41) is 3.72. The maximum absolute atomic E-state index is 12.6. The van der Waals surface area contributed by atoms with Crippen molar-refractivity contribution in [2.75, 3.05) is 19.0 Å². The lowest BCUT2D eigenvalue weighted by Crippen LogP contribution is -2.17. The zero-order valence-corrected chi connectivity index (χ0v) is 16.4. The lowest BCUT2D eigenvalue weighted by Gasteiger charge is -2.15. The molecule has 0 bridgehead atoms. The lowest BCUT2D eigenvalue weighted by molar-refractivity contribution is 0.0531. The minimum absolute atomic E-state index is 0.248. The first-order valence-corrected chi connectivity index (χ1v) is 9.37. The van der Waals surface area contributed by atoms with Gasteiger partial charge in [0, 0.05) is 11.8 Å². The Morgan fingerprint density at radius 1 is 1.41 bits per heavy atom. The van der Waals surface area contributed by atoms with Crippen molar-refractivity contribution in [3.63, 3.8) is 0 Å². The van der Waals surface area contributed by atoms with Crippen molar-refractivity contribution >= 4 is 33.2 Å². The van der Waals surface area contributed by atoms with Crippen LogP contribution < -0.4 is 15.6 Å². The molecule has 0 aliphatic heterocycles. The van der Waals surface area contributed by atoms with E-state index in [4.69, 9.17) is 9.47 Å². The minimum Gasteiger partial charge on any atom is -0.497 e. The number of nitrogens with zero attached hydrogens (tertiary/aromatic N) is 1. The number of H-pyrrole nitrogens is 1. The number of fused-ring (bicyclic) bond motifs is 1. The van der Waals surface area contributed by atoms with Crippen molar-refractivity contribution in [1.82, 2.24) is 9.97 Å². The van der Waals surface area contributed by atoms with Gasteiger partial charge in [-0.1, -0.05) is 6.07 Å². The number of aryl methyl sites for hydroxylation is 1. The monoisotopic (exact) mass is 387 g/mol. The molecular weight excluding hydrogens is 366 g/mol. The third-order valence-electron chi connectivity index (χ3n) is 4.14. The van der Waals surface area contributed by atoms with Gasteiger partial charge in [0.15, 0.2) is 0 Å². The van der Waals surface area contributed by atoms with Crippen molar-refractivity contribution in [3.8, 4) is 5.75 Å². The van der Waals surface area contributed by atoms with Crippen LogP contribution in [0.4, 0.5) is 5.69 Å². The average Bonchev–Trinajstić information content (AvgIpc) is 2.99. The molecule has 2 N–H and O–H groups in total. The maximum atomic E-state index is 12.6. The number of hydrogen-bond acceptors (Lipinski definition) is 7. The van der Waals surface area contributed by atoms with Crippen molar-refractivity contribution in [3.05, 3.63) is 50.9 Å². The number of carbonyl (C=O) groups excluding carboxylic acids is 1. The number of hydrogen-bond donors (Lipinski definition) is 2. The molecule has 0 radical (unpaired) electrons. The Kier molecular flexibility index (Phi) is 5.46. The molecule has 7 nitrogen and oxygen atoms in total. The summed E-state index contributed by atoms with van der Waals surface area (Å²) < 4.78 is 10.3. The lowest BCUT2D eigenvalue weighted by atomic mass is 10.2. The van der Waals surface area contributed by atoms with E-state index in [1.807, 2.05) is 31.2 Å². The molecule has 0 saturated carbocycles. The Bertz CT molecular complexity index is 1040. The quantitative estimate of drug-likeness (QED) is 0.627. The van der Waals surface area contributed by atoms with Gasteiger partial charge in [0.25, 0.3) is 5.56 Å². The average molecular weight is 387 g/mol. The first kappa shape index (κ1) is 18.9. The Hall–Kier alpha value is -2.87. The van der Waals surface area contributed by atoms with Crippen molar-refractivity contribution < 1.29 is 14.3 Å². The zero-order valence-electron chi connectivity index (χ0n) is 15.6. The molecule has 0 spiro atoms. The van der Waals surface area contributed by atoms with E-state index in [9.17, 15) is 9.59 Å². The van der Waals surface area contributed by atoms with Crippen LogP contribution >= 0.6 is 11.3 Å². The first-order chi connectivity index (χ1) is 12.9. The molecule has 0 aliphatic carbocycles. The van der Waals surface area contributed by atoms with Crippen molar-refractivity contribution in [2.45, 2.75) is 26.8 Å². The van der Waals surface area contributed by atoms with Crippen LogP contribution in [0.15, 0.2) is 29.1 Å². The van der Waals surface area contributed by atoms with Crippen LogP contribution in [0.5, 0.6) is 5.75 Å². The topological polar surface area (TPSA) is 93.3 Å². The van der Waals surface area contributed by atoms with Gasteiger partial charge in [-0.05, 0) is 38.5 Å². The number of benzene rings is 1. The fourth-order valence-electron chi connectivity index (χ4n) is 2.79. The Balaban J connectivity index is 1.95. The van der Waals surface area contributed by atoms with Crippen LogP contribution in [0.2, 0.25) is 0 Å². The molecule has 3 aromatic rings. The molecule has 1 atom stereocenters. The number of methoxy groups -OCH3 is 1. The number of anilines is 1. The highest BCUT2D eigenvalue weighted by Crippen LogP contribution is 2.29.